The van der Waals surface area contributed by atoms with Crippen molar-refractivity contribution in [2.24, 2.45) is 0 Å². The number of hydrogen-bond acceptors (Lipinski definition) is 0. The molecule has 0 aliphatic heterocycles. The molecule has 0 saturated heterocycles. The van der Waals surface area contributed by atoms with Crippen molar-refractivity contribution in [1.82, 2.24) is 0 Å². The van der Waals surface area contributed by atoms with Gasteiger partial charge in [0.05, 0.1) is 0 Å². The molecule has 188 valence electrons. The van der Waals surface area contributed by atoms with Gasteiger partial charge in [0.2, 0.25) is 0 Å². The second-order valence-corrected chi connectivity index (χ2v) is 15.9. The highest BCUT2D eigenvalue weighted by atomic mass is 28.3. The maximum atomic E-state index is 3.60. The third-order valence-corrected chi connectivity index (χ3v) is 7.76. The van der Waals surface area contributed by atoms with Crippen molar-refractivity contribution in [2.45, 2.75) is 78.4 Å². The summed E-state index contributed by atoms with van der Waals surface area (Å²) < 4.78 is 0. The van der Waals surface area contributed by atoms with Crippen molar-refractivity contribution in [3.05, 3.63) is 94.5 Å². The average Bonchev–Trinajstić information content (AvgIpc) is 2.89. The fraction of sp³-hybridized carbons (Fsp3) is 0.333. The summed E-state index contributed by atoms with van der Waals surface area (Å²) in [6, 6.07) is 24.4. The molecule has 0 N–H and O–H groups in total. The molecule has 0 unspecified atom stereocenters. The maximum Gasteiger partial charge on any atom is 0.129 e. The van der Waals surface area contributed by atoms with Gasteiger partial charge < -0.3 is 0 Å². The van der Waals surface area contributed by atoms with E-state index in [9.17, 15) is 0 Å². The number of aryl methyl sites for hydroxylation is 2. The van der Waals surface area contributed by atoms with Gasteiger partial charge in [0.25, 0.3) is 0 Å². The standard InChI is InChI=1S/C36H40Si/c1-6-8-15-28-25-30(31(23-24-37(3,4)5)26-29(28)16-9-7-2)19-14-22-36-34-20-12-10-17-32(34)27-33-18-11-13-21-35(33)36/h10-13,17-18,20-21,25-27H,6-9,15-16,22H2,1-5H3. The third-order valence-electron chi connectivity index (χ3n) is 6.88. The van der Waals surface area contributed by atoms with Gasteiger partial charge in [-0.1, -0.05) is 113 Å². The Kier molecular flexibility index (Phi) is 8.92. The number of unbranched alkanes of at least 4 members (excludes halogenated alkanes) is 2. The van der Waals surface area contributed by atoms with E-state index in [-0.39, 0.29) is 0 Å². The maximum absolute atomic E-state index is 3.60. The van der Waals surface area contributed by atoms with Crippen LogP contribution in [0.15, 0.2) is 66.7 Å². The van der Waals surface area contributed by atoms with Gasteiger partial charge in [0.1, 0.15) is 8.07 Å². The minimum atomic E-state index is -1.49. The predicted molar refractivity (Wildman–Crippen MR) is 166 cm³/mol. The number of hydrogen-bond donors (Lipinski definition) is 0. The topological polar surface area (TPSA) is 0 Å². The second-order valence-electron chi connectivity index (χ2n) is 11.1. The molecule has 0 nitrogen and oxygen atoms in total. The molecule has 0 heterocycles. The Labute approximate surface area is 225 Å². The predicted octanol–water partition coefficient (Wildman–Crippen LogP) is 9.50. The monoisotopic (exact) mass is 500 g/mol. The van der Waals surface area contributed by atoms with Gasteiger partial charge in [-0.05, 0) is 82.1 Å². The Hall–Kier alpha value is -3.26. The van der Waals surface area contributed by atoms with Gasteiger partial charge in [-0.25, -0.2) is 0 Å². The van der Waals surface area contributed by atoms with E-state index >= 15 is 0 Å². The van der Waals surface area contributed by atoms with E-state index in [0.29, 0.717) is 0 Å². The lowest BCUT2D eigenvalue weighted by atomic mass is 9.92. The van der Waals surface area contributed by atoms with E-state index < -0.39 is 8.07 Å². The van der Waals surface area contributed by atoms with Crippen LogP contribution in [0.5, 0.6) is 0 Å². The van der Waals surface area contributed by atoms with Gasteiger partial charge in [0.15, 0.2) is 0 Å². The first-order valence-corrected chi connectivity index (χ1v) is 17.5. The van der Waals surface area contributed by atoms with Gasteiger partial charge >= 0.3 is 0 Å². The van der Waals surface area contributed by atoms with Crippen LogP contribution in [-0.2, 0) is 19.3 Å². The van der Waals surface area contributed by atoms with Crippen molar-refractivity contribution < 1.29 is 0 Å². The highest BCUT2D eigenvalue weighted by Crippen LogP contribution is 2.29. The third kappa shape index (κ3) is 6.94. The molecule has 0 aliphatic carbocycles. The van der Waals surface area contributed by atoms with Crippen LogP contribution < -0.4 is 0 Å². The molecule has 37 heavy (non-hydrogen) atoms. The summed E-state index contributed by atoms with van der Waals surface area (Å²) in [6.07, 6.45) is 7.84. The van der Waals surface area contributed by atoms with E-state index in [1.54, 1.807) is 0 Å². The van der Waals surface area contributed by atoms with Crippen LogP contribution in [0.2, 0.25) is 19.6 Å². The molecule has 0 amide bonds. The van der Waals surface area contributed by atoms with Crippen LogP contribution in [0.1, 0.15) is 67.3 Å². The molecule has 0 fully saturated rings. The first-order valence-electron chi connectivity index (χ1n) is 14.0. The summed E-state index contributed by atoms with van der Waals surface area (Å²) in [5.41, 5.74) is 10.1. The smallest absolute Gasteiger partial charge is 0.127 e. The van der Waals surface area contributed by atoms with Crippen molar-refractivity contribution in [1.29, 1.82) is 0 Å². The first kappa shape index (κ1) is 26.8. The summed E-state index contributed by atoms with van der Waals surface area (Å²) in [4.78, 5) is 0. The van der Waals surface area contributed by atoms with Crippen LogP contribution in [0.3, 0.4) is 0 Å². The molecular weight excluding hydrogens is 460 g/mol. The first-order chi connectivity index (χ1) is 17.9. The fourth-order valence-corrected chi connectivity index (χ4v) is 5.39. The Morgan fingerprint density at radius 2 is 1.16 bits per heavy atom. The van der Waals surface area contributed by atoms with Crippen LogP contribution in [0.25, 0.3) is 21.5 Å². The largest absolute Gasteiger partial charge is 0.129 e. The zero-order chi connectivity index (χ0) is 26.3. The molecule has 1 heteroatoms. The normalized spacial score (nSPS) is 11.2. The van der Waals surface area contributed by atoms with Crippen LogP contribution >= 0.6 is 0 Å². The zero-order valence-electron chi connectivity index (χ0n) is 23.3. The van der Waals surface area contributed by atoms with Crippen LogP contribution in [-0.4, -0.2) is 8.07 Å². The molecule has 0 spiro atoms. The second kappa shape index (κ2) is 12.3. The van der Waals surface area contributed by atoms with Crippen molar-refractivity contribution in [3.63, 3.8) is 0 Å². The highest BCUT2D eigenvalue weighted by molar-refractivity contribution is 6.83. The van der Waals surface area contributed by atoms with E-state index in [2.05, 4.69) is 124 Å². The van der Waals surface area contributed by atoms with E-state index in [0.717, 1.165) is 30.4 Å². The molecule has 4 aromatic rings. The summed E-state index contributed by atoms with van der Waals surface area (Å²) in [5, 5.41) is 5.16. The van der Waals surface area contributed by atoms with E-state index in [4.69, 9.17) is 0 Å². The molecule has 0 aromatic heterocycles. The van der Waals surface area contributed by atoms with Gasteiger partial charge in [-0.3, -0.25) is 0 Å². The Morgan fingerprint density at radius 3 is 1.68 bits per heavy atom. The van der Waals surface area contributed by atoms with Gasteiger partial charge in [-0.15, -0.1) is 5.54 Å². The molecule has 0 radical (unpaired) electrons. The number of fused-ring (bicyclic) bond motifs is 2. The van der Waals surface area contributed by atoms with Crippen molar-refractivity contribution >= 4 is 29.6 Å². The minimum Gasteiger partial charge on any atom is -0.127 e. The van der Waals surface area contributed by atoms with Crippen LogP contribution in [0, 0.1) is 23.3 Å². The molecular formula is C36H40Si. The van der Waals surface area contributed by atoms with Gasteiger partial charge in [0, 0.05) is 17.5 Å². The Bertz CT molecular complexity index is 1460. The lowest BCUT2D eigenvalue weighted by Crippen LogP contribution is -2.16. The van der Waals surface area contributed by atoms with Crippen LogP contribution in [0.4, 0.5) is 0 Å². The quantitative estimate of drug-likeness (QED) is 0.135. The summed E-state index contributed by atoms with van der Waals surface area (Å²) >= 11 is 0. The molecule has 0 aliphatic rings. The molecule has 0 saturated carbocycles. The van der Waals surface area contributed by atoms with E-state index in [1.807, 2.05) is 0 Å². The van der Waals surface area contributed by atoms with Gasteiger partial charge in [-0.2, -0.15) is 0 Å². The minimum absolute atomic E-state index is 0.727. The van der Waals surface area contributed by atoms with E-state index in [1.165, 1.54) is 63.9 Å². The van der Waals surface area contributed by atoms with Crippen molar-refractivity contribution in [3.8, 4) is 23.3 Å². The molecule has 0 atom stereocenters. The van der Waals surface area contributed by atoms with Crippen molar-refractivity contribution in [2.75, 3.05) is 0 Å². The lowest BCUT2D eigenvalue weighted by Gasteiger charge is -2.13. The Balaban J connectivity index is 1.80. The Morgan fingerprint density at radius 1 is 0.649 bits per heavy atom. The summed E-state index contributed by atoms with van der Waals surface area (Å²) in [7, 11) is -1.49. The number of rotatable bonds is 7. The average molecular weight is 501 g/mol. The number of benzene rings is 4. The summed E-state index contributed by atoms with van der Waals surface area (Å²) in [5.74, 6) is 10.7. The lowest BCUT2D eigenvalue weighted by molar-refractivity contribution is 0.757. The highest BCUT2D eigenvalue weighted by Gasteiger charge is 2.11. The SMILES string of the molecule is CCCCc1cc(C#CCc2c3ccccc3cc3ccccc23)c(C#C[Si](C)(C)C)cc1CCCC. The summed E-state index contributed by atoms with van der Waals surface area (Å²) in [6.45, 7) is 11.5. The zero-order valence-corrected chi connectivity index (χ0v) is 24.3. The molecule has 0 bridgehead atoms. The fourth-order valence-electron chi connectivity index (χ4n) is 4.88. The molecule has 4 aromatic carbocycles. The molecule has 4 rings (SSSR count).